The number of nitrogens with zero attached hydrogens (tertiary/aromatic N) is 1. The largest absolute Gasteiger partial charge is 0.468 e. The summed E-state index contributed by atoms with van der Waals surface area (Å²) in [5.74, 6) is -1.17. The molecule has 6 nitrogen and oxygen atoms in total. The summed E-state index contributed by atoms with van der Waals surface area (Å²) in [7, 11) is 2.72. The maximum atomic E-state index is 13.7. The lowest BCUT2D eigenvalue weighted by Gasteiger charge is -2.30. The van der Waals surface area contributed by atoms with E-state index in [1.807, 2.05) is 0 Å². The minimum Gasteiger partial charge on any atom is -0.468 e. The molecule has 0 saturated carbocycles. The Hall–Kier alpha value is -2.09. The van der Waals surface area contributed by atoms with E-state index in [0.717, 1.165) is 0 Å². The minimum atomic E-state index is -0.700. The van der Waals surface area contributed by atoms with E-state index < -0.39 is 17.3 Å². The number of thioether (sulfide) groups is 1. The fourth-order valence-electron chi connectivity index (χ4n) is 2.34. The molecule has 1 fully saturated rings. The second-order valence-electron chi connectivity index (χ2n) is 5.45. The average molecular weight is 354 g/mol. The number of carbonyl (C=O) groups is 3. The Morgan fingerprint density at radius 2 is 2.12 bits per heavy atom. The van der Waals surface area contributed by atoms with Crippen LogP contribution in [0.25, 0.3) is 0 Å². The van der Waals surface area contributed by atoms with Crippen molar-refractivity contribution in [2.75, 3.05) is 26.5 Å². The molecular weight excluding hydrogens is 335 g/mol. The summed E-state index contributed by atoms with van der Waals surface area (Å²) in [5, 5.41) is 2.21. The first-order chi connectivity index (χ1) is 11.4. The highest BCUT2D eigenvalue weighted by molar-refractivity contribution is 8.00. The Morgan fingerprint density at radius 3 is 2.75 bits per heavy atom. The quantitative estimate of drug-likeness (QED) is 0.784. The average Bonchev–Trinajstić information content (AvgIpc) is 2.57. The van der Waals surface area contributed by atoms with Crippen molar-refractivity contribution in [2.24, 2.45) is 0 Å². The fraction of sp³-hybridized carbons (Fsp3) is 0.438. The van der Waals surface area contributed by atoms with Gasteiger partial charge in [0, 0.05) is 12.8 Å². The van der Waals surface area contributed by atoms with Crippen LogP contribution < -0.4 is 5.32 Å². The van der Waals surface area contributed by atoms with Crippen LogP contribution in [0.5, 0.6) is 0 Å². The molecule has 0 radical (unpaired) electrons. The summed E-state index contributed by atoms with van der Waals surface area (Å²) < 4.78 is 18.2. The standard InChI is InChI=1S/C16H19FN2O4S/c1-19(8-14(20)23-2)16(22)12-9-24-13(15(21)18-12)7-10-5-3-4-6-11(10)17/h3-6,12-13H,7-9H2,1-2H3,(H,18,21)/t12-,13-/m0/s1. The molecule has 1 aromatic carbocycles. The van der Waals surface area contributed by atoms with Crippen LogP contribution in [0.3, 0.4) is 0 Å². The molecule has 1 aliphatic heterocycles. The molecule has 1 aliphatic rings. The molecule has 0 spiro atoms. The Kier molecular flexibility index (Phi) is 6.19. The van der Waals surface area contributed by atoms with E-state index in [-0.39, 0.29) is 30.6 Å². The van der Waals surface area contributed by atoms with Gasteiger partial charge in [0.15, 0.2) is 0 Å². The number of amides is 2. The van der Waals surface area contributed by atoms with Crippen molar-refractivity contribution in [3.8, 4) is 0 Å². The Labute approximate surface area is 143 Å². The molecule has 2 amide bonds. The fourth-order valence-corrected chi connectivity index (χ4v) is 3.51. The highest BCUT2D eigenvalue weighted by Crippen LogP contribution is 2.23. The first-order valence-corrected chi connectivity index (χ1v) is 8.44. The summed E-state index contributed by atoms with van der Waals surface area (Å²) in [4.78, 5) is 36.9. The molecule has 0 aliphatic carbocycles. The number of hydrogen-bond acceptors (Lipinski definition) is 5. The third-order valence-corrected chi connectivity index (χ3v) is 5.01. The van der Waals surface area contributed by atoms with E-state index in [2.05, 4.69) is 10.1 Å². The number of methoxy groups -OCH3 is 1. The molecule has 8 heteroatoms. The van der Waals surface area contributed by atoms with E-state index in [0.29, 0.717) is 11.3 Å². The zero-order valence-electron chi connectivity index (χ0n) is 13.5. The van der Waals surface area contributed by atoms with Crippen LogP contribution in [-0.2, 0) is 25.5 Å². The van der Waals surface area contributed by atoms with Crippen molar-refractivity contribution in [1.82, 2.24) is 10.2 Å². The molecule has 1 aromatic rings. The van der Waals surface area contributed by atoms with Gasteiger partial charge in [0.1, 0.15) is 18.4 Å². The van der Waals surface area contributed by atoms with Crippen LogP contribution in [0.15, 0.2) is 24.3 Å². The smallest absolute Gasteiger partial charge is 0.325 e. The molecule has 0 unspecified atom stereocenters. The zero-order chi connectivity index (χ0) is 17.7. The van der Waals surface area contributed by atoms with Crippen molar-refractivity contribution in [3.63, 3.8) is 0 Å². The summed E-state index contributed by atoms with van der Waals surface area (Å²) in [6.07, 6.45) is 0.266. The van der Waals surface area contributed by atoms with E-state index in [9.17, 15) is 18.8 Å². The molecule has 2 rings (SSSR count). The van der Waals surface area contributed by atoms with E-state index in [1.54, 1.807) is 18.2 Å². The molecule has 1 heterocycles. The van der Waals surface area contributed by atoms with E-state index in [4.69, 9.17) is 0 Å². The second kappa shape index (κ2) is 8.14. The van der Waals surface area contributed by atoms with Gasteiger partial charge in [-0.25, -0.2) is 4.39 Å². The van der Waals surface area contributed by atoms with Gasteiger partial charge >= 0.3 is 5.97 Å². The van der Waals surface area contributed by atoms with Crippen LogP contribution >= 0.6 is 11.8 Å². The van der Waals surface area contributed by atoms with Gasteiger partial charge in [-0.2, -0.15) is 0 Å². The van der Waals surface area contributed by atoms with Crippen LogP contribution in [-0.4, -0.2) is 60.4 Å². The van der Waals surface area contributed by atoms with Crippen LogP contribution in [0, 0.1) is 5.82 Å². The Bertz CT molecular complexity index is 640. The number of benzene rings is 1. The Morgan fingerprint density at radius 1 is 1.42 bits per heavy atom. The lowest BCUT2D eigenvalue weighted by atomic mass is 10.1. The number of halogens is 1. The van der Waals surface area contributed by atoms with Gasteiger partial charge in [0.2, 0.25) is 11.8 Å². The molecule has 24 heavy (non-hydrogen) atoms. The summed E-state index contributed by atoms with van der Waals surface area (Å²) >= 11 is 1.31. The van der Waals surface area contributed by atoms with Gasteiger partial charge in [0.05, 0.1) is 12.4 Å². The lowest BCUT2D eigenvalue weighted by Crippen LogP contribution is -2.55. The molecule has 2 atom stereocenters. The van der Waals surface area contributed by atoms with E-state index >= 15 is 0 Å². The van der Waals surface area contributed by atoms with Gasteiger partial charge in [-0.05, 0) is 18.1 Å². The van der Waals surface area contributed by atoms with E-state index in [1.165, 1.54) is 36.9 Å². The summed E-state index contributed by atoms with van der Waals surface area (Å²) in [5.41, 5.74) is 0.470. The van der Waals surface area contributed by atoms with Crippen molar-refractivity contribution < 1.29 is 23.5 Å². The third kappa shape index (κ3) is 4.47. The lowest BCUT2D eigenvalue weighted by molar-refractivity contribution is -0.146. The Balaban J connectivity index is 1.93. The number of carbonyl (C=O) groups excluding carboxylic acids is 3. The predicted octanol–water partition coefficient (Wildman–Crippen LogP) is 0.600. The number of hydrogen-bond donors (Lipinski definition) is 1. The van der Waals surface area contributed by atoms with Crippen molar-refractivity contribution in [2.45, 2.75) is 17.7 Å². The summed E-state index contributed by atoms with van der Waals surface area (Å²) in [6.45, 7) is -0.176. The molecule has 1 saturated heterocycles. The number of nitrogens with one attached hydrogen (secondary N) is 1. The van der Waals surface area contributed by atoms with Crippen LogP contribution in [0.1, 0.15) is 5.56 Å². The molecule has 0 bridgehead atoms. The highest BCUT2D eigenvalue weighted by Gasteiger charge is 2.34. The van der Waals surface area contributed by atoms with Gasteiger partial charge in [0.25, 0.3) is 0 Å². The third-order valence-electron chi connectivity index (χ3n) is 3.70. The monoisotopic (exact) mass is 354 g/mol. The van der Waals surface area contributed by atoms with Crippen molar-refractivity contribution in [1.29, 1.82) is 0 Å². The molecule has 1 N–H and O–H groups in total. The van der Waals surface area contributed by atoms with Gasteiger partial charge < -0.3 is 15.0 Å². The first-order valence-electron chi connectivity index (χ1n) is 7.39. The zero-order valence-corrected chi connectivity index (χ0v) is 14.3. The number of rotatable bonds is 5. The second-order valence-corrected chi connectivity index (χ2v) is 6.68. The van der Waals surface area contributed by atoms with Gasteiger partial charge in [-0.15, -0.1) is 11.8 Å². The van der Waals surface area contributed by atoms with Crippen molar-refractivity contribution in [3.05, 3.63) is 35.6 Å². The first kappa shape index (κ1) is 18.3. The number of likely N-dealkylation sites (N-methyl/N-ethyl adjacent to an activating group) is 1. The predicted molar refractivity (Wildman–Crippen MR) is 87.9 cm³/mol. The molecule has 0 aromatic heterocycles. The highest BCUT2D eigenvalue weighted by atomic mass is 32.2. The van der Waals surface area contributed by atoms with Crippen LogP contribution in [0.2, 0.25) is 0 Å². The summed E-state index contributed by atoms with van der Waals surface area (Å²) in [6, 6.07) is 5.62. The normalized spacial score (nSPS) is 20.2. The van der Waals surface area contributed by atoms with Gasteiger partial charge in [-0.3, -0.25) is 14.4 Å². The molecule has 130 valence electrons. The van der Waals surface area contributed by atoms with Crippen LogP contribution in [0.4, 0.5) is 4.39 Å². The minimum absolute atomic E-state index is 0.176. The SMILES string of the molecule is COC(=O)CN(C)C(=O)[C@@H]1CS[C@@H](Cc2ccccc2F)C(=O)N1. The van der Waals surface area contributed by atoms with Gasteiger partial charge in [-0.1, -0.05) is 18.2 Å². The van der Waals surface area contributed by atoms with Crippen molar-refractivity contribution >= 4 is 29.5 Å². The topological polar surface area (TPSA) is 75.7 Å². The maximum absolute atomic E-state index is 13.7. The molecular formula is C16H19FN2O4S. The number of esters is 1. The maximum Gasteiger partial charge on any atom is 0.325 e. The number of ether oxygens (including phenoxy) is 1.